The molecule has 1 aromatic rings. The van der Waals surface area contributed by atoms with E-state index < -0.39 is 18.0 Å². The van der Waals surface area contributed by atoms with E-state index in [4.69, 9.17) is 5.26 Å². The third-order valence-corrected chi connectivity index (χ3v) is 2.42. The largest absolute Gasteiger partial charge is 0.465 e. The molecule has 2 amide bonds. The molecule has 8 nitrogen and oxygen atoms in total. The summed E-state index contributed by atoms with van der Waals surface area (Å²) in [6, 6.07) is 5.03. The van der Waals surface area contributed by atoms with Gasteiger partial charge in [-0.1, -0.05) is 0 Å². The van der Waals surface area contributed by atoms with Gasteiger partial charge in [0.2, 0.25) is 0 Å². The number of urea groups is 1. The first-order valence-corrected chi connectivity index (χ1v) is 5.76. The highest BCUT2D eigenvalue weighted by atomic mass is 16.5. The molecule has 21 heavy (non-hydrogen) atoms. The normalized spacial score (nSPS) is 9.19. The molecule has 2 N–H and O–H groups in total. The van der Waals surface area contributed by atoms with Gasteiger partial charge in [-0.2, -0.15) is 5.26 Å². The van der Waals surface area contributed by atoms with Gasteiger partial charge in [0.05, 0.1) is 37.1 Å². The molecule has 0 spiro atoms. The van der Waals surface area contributed by atoms with Gasteiger partial charge in [-0.15, -0.1) is 0 Å². The summed E-state index contributed by atoms with van der Waals surface area (Å²) in [6.45, 7) is -0.198. The number of benzene rings is 1. The number of carbonyl (C=O) groups excluding carboxylic acids is 3. The molecule has 8 heteroatoms. The number of nitrogens with zero attached hydrogens (tertiary/aromatic N) is 1. The number of hydrogen-bond donors (Lipinski definition) is 2. The van der Waals surface area contributed by atoms with E-state index >= 15 is 0 Å². The molecule has 0 saturated heterocycles. The number of amides is 2. The number of anilines is 1. The molecule has 0 aromatic heterocycles. The fourth-order valence-corrected chi connectivity index (χ4v) is 1.47. The first kappa shape index (κ1) is 16.0. The molecule has 0 bridgehead atoms. The summed E-state index contributed by atoms with van der Waals surface area (Å²) in [5, 5.41) is 13.0. The molecule has 0 aliphatic rings. The highest BCUT2D eigenvalue weighted by Crippen LogP contribution is 2.19. The van der Waals surface area contributed by atoms with Crippen LogP contribution in [0.2, 0.25) is 0 Å². The molecule has 110 valence electrons. The molecule has 0 unspecified atom stereocenters. The first-order chi connectivity index (χ1) is 10.0. The molecular weight excluding hydrogens is 278 g/mol. The third-order valence-electron chi connectivity index (χ3n) is 2.42. The van der Waals surface area contributed by atoms with Gasteiger partial charge in [0.15, 0.2) is 0 Å². The van der Waals surface area contributed by atoms with Gasteiger partial charge in [-0.05, 0) is 18.2 Å². The molecular formula is C13H13N3O5. The molecule has 1 aromatic carbocycles. The summed E-state index contributed by atoms with van der Waals surface area (Å²) >= 11 is 0. The predicted octanol–water partition coefficient (Wildman–Crippen LogP) is 0.905. The van der Waals surface area contributed by atoms with Crippen LogP contribution in [0.1, 0.15) is 20.7 Å². The molecule has 0 fully saturated rings. The maximum Gasteiger partial charge on any atom is 0.339 e. The van der Waals surface area contributed by atoms with Crippen molar-refractivity contribution < 1.29 is 23.9 Å². The average Bonchev–Trinajstić information content (AvgIpc) is 2.51. The van der Waals surface area contributed by atoms with E-state index in [0.717, 1.165) is 0 Å². The maximum absolute atomic E-state index is 11.6. The Morgan fingerprint density at radius 2 is 1.86 bits per heavy atom. The molecule has 0 atom stereocenters. The lowest BCUT2D eigenvalue weighted by Gasteiger charge is -2.11. The van der Waals surface area contributed by atoms with Crippen molar-refractivity contribution in [2.75, 3.05) is 26.1 Å². The summed E-state index contributed by atoms with van der Waals surface area (Å²) in [6.07, 6.45) is 0. The zero-order valence-electron chi connectivity index (χ0n) is 11.4. The molecule has 0 aliphatic carbocycles. The van der Waals surface area contributed by atoms with Gasteiger partial charge in [-0.25, -0.2) is 14.4 Å². The van der Waals surface area contributed by atoms with Crippen molar-refractivity contribution in [2.45, 2.75) is 0 Å². The Balaban J connectivity index is 3.11. The van der Waals surface area contributed by atoms with Crippen LogP contribution < -0.4 is 10.6 Å². The maximum atomic E-state index is 11.6. The SMILES string of the molecule is COC(=O)c1ccc(C(=O)OC)c(NC(=O)NCC#N)c1. The van der Waals surface area contributed by atoms with Crippen LogP contribution in [0, 0.1) is 11.3 Å². The molecule has 0 saturated carbocycles. The van der Waals surface area contributed by atoms with Crippen LogP contribution in [-0.4, -0.2) is 38.7 Å². The fourth-order valence-electron chi connectivity index (χ4n) is 1.47. The van der Waals surface area contributed by atoms with Gasteiger partial charge in [0, 0.05) is 0 Å². The van der Waals surface area contributed by atoms with E-state index in [0.29, 0.717) is 0 Å². The first-order valence-electron chi connectivity index (χ1n) is 5.76. The Morgan fingerprint density at radius 3 is 2.43 bits per heavy atom. The van der Waals surface area contributed by atoms with Crippen LogP contribution in [0.15, 0.2) is 18.2 Å². The van der Waals surface area contributed by atoms with Gasteiger partial charge >= 0.3 is 18.0 Å². The quantitative estimate of drug-likeness (QED) is 0.628. The van der Waals surface area contributed by atoms with Crippen molar-refractivity contribution in [2.24, 2.45) is 0 Å². The second kappa shape index (κ2) is 7.49. The van der Waals surface area contributed by atoms with E-state index in [1.807, 2.05) is 0 Å². The minimum Gasteiger partial charge on any atom is -0.465 e. The Hall–Kier alpha value is -3.08. The van der Waals surface area contributed by atoms with Gasteiger partial charge in [0.1, 0.15) is 6.54 Å². The van der Waals surface area contributed by atoms with Crippen molar-refractivity contribution in [3.63, 3.8) is 0 Å². The Bertz CT molecular complexity index is 606. The van der Waals surface area contributed by atoms with Crippen molar-refractivity contribution in [1.82, 2.24) is 5.32 Å². The minimum absolute atomic E-state index is 0.0669. The lowest BCUT2D eigenvalue weighted by Crippen LogP contribution is -2.29. The molecule has 0 radical (unpaired) electrons. The van der Waals surface area contributed by atoms with E-state index in [1.54, 1.807) is 6.07 Å². The van der Waals surface area contributed by atoms with Crippen molar-refractivity contribution in [3.8, 4) is 6.07 Å². The van der Waals surface area contributed by atoms with Gasteiger partial charge in [-0.3, -0.25) is 0 Å². The third kappa shape index (κ3) is 4.21. The highest BCUT2D eigenvalue weighted by molar-refractivity contribution is 6.03. The highest BCUT2D eigenvalue weighted by Gasteiger charge is 2.17. The topological polar surface area (TPSA) is 118 Å². The van der Waals surface area contributed by atoms with Crippen LogP contribution in [0.5, 0.6) is 0 Å². The van der Waals surface area contributed by atoms with E-state index in [1.165, 1.54) is 32.4 Å². The van der Waals surface area contributed by atoms with Crippen LogP contribution >= 0.6 is 0 Å². The summed E-state index contributed by atoms with van der Waals surface area (Å²) in [5.41, 5.74) is 0.290. The van der Waals surface area contributed by atoms with Crippen LogP contribution in [-0.2, 0) is 9.47 Å². The summed E-state index contributed by atoms with van der Waals surface area (Å²) in [5.74, 6) is -1.30. The summed E-state index contributed by atoms with van der Waals surface area (Å²) < 4.78 is 9.15. The lowest BCUT2D eigenvalue weighted by molar-refractivity contribution is 0.0587. The molecule has 0 heterocycles. The van der Waals surface area contributed by atoms with Crippen molar-refractivity contribution in [1.29, 1.82) is 5.26 Å². The number of nitrogens with one attached hydrogen (secondary N) is 2. The number of carbonyl (C=O) groups is 3. The van der Waals surface area contributed by atoms with Gasteiger partial charge in [0.25, 0.3) is 0 Å². The number of nitriles is 1. The minimum atomic E-state index is -0.691. The molecule has 0 aliphatic heterocycles. The average molecular weight is 291 g/mol. The summed E-state index contributed by atoms with van der Waals surface area (Å²) in [4.78, 5) is 34.6. The number of esters is 2. The smallest absolute Gasteiger partial charge is 0.339 e. The number of rotatable bonds is 4. The van der Waals surface area contributed by atoms with Crippen LogP contribution in [0.3, 0.4) is 0 Å². The van der Waals surface area contributed by atoms with E-state index in [-0.39, 0.29) is 23.4 Å². The standard InChI is InChI=1S/C13H13N3O5/c1-20-11(17)8-3-4-9(12(18)21-2)10(7-8)16-13(19)15-6-5-14/h3-4,7H,6H2,1-2H3,(H2,15,16,19). The zero-order valence-corrected chi connectivity index (χ0v) is 11.4. The number of methoxy groups -OCH3 is 2. The monoisotopic (exact) mass is 291 g/mol. The second-order valence-corrected chi connectivity index (χ2v) is 3.71. The van der Waals surface area contributed by atoms with E-state index in [9.17, 15) is 14.4 Å². The van der Waals surface area contributed by atoms with Crippen molar-refractivity contribution >= 4 is 23.7 Å². The Kier molecular flexibility index (Phi) is 5.70. The lowest BCUT2D eigenvalue weighted by atomic mass is 10.1. The second-order valence-electron chi connectivity index (χ2n) is 3.71. The van der Waals surface area contributed by atoms with Gasteiger partial charge < -0.3 is 20.1 Å². The summed E-state index contributed by atoms with van der Waals surface area (Å²) in [7, 11) is 2.40. The van der Waals surface area contributed by atoms with E-state index in [2.05, 4.69) is 20.1 Å². The fraction of sp³-hybridized carbons (Fsp3) is 0.231. The van der Waals surface area contributed by atoms with Crippen LogP contribution in [0.4, 0.5) is 10.5 Å². The molecule has 1 rings (SSSR count). The van der Waals surface area contributed by atoms with Crippen LogP contribution in [0.25, 0.3) is 0 Å². The Labute approximate surface area is 120 Å². The Morgan fingerprint density at radius 1 is 1.19 bits per heavy atom. The number of hydrogen-bond acceptors (Lipinski definition) is 6. The van der Waals surface area contributed by atoms with Crippen molar-refractivity contribution in [3.05, 3.63) is 29.3 Å². The number of ether oxygens (including phenoxy) is 2. The predicted molar refractivity (Wildman–Crippen MR) is 71.8 cm³/mol. The zero-order chi connectivity index (χ0) is 15.8.